The van der Waals surface area contributed by atoms with Crippen LogP contribution in [0.5, 0.6) is 0 Å². The Hall–Kier alpha value is -0.800. The highest BCUT2D eigenvalue weighted by molar-refractivity contribution is 6.30. The van der Waals surface area contributed by atoms with Crippen molar-refractivity contribution in [2.75, 3.05) is 6.54 Å². The maximum absolute atomic E-state index is 11.6. The van der Waals surface area contributed by atoms with Crippen molar-refractivity contribution in [3.63, 3.8) is 0 Å². The molecule has 1 rings (SSSR count). The molecule has 0 radical (unpaired) electrons. The lowest BCUT2D eigenvalue weighted by molar-refractivity contribution is 0.0948. The molecule has 1 aromatic rings. The SMILES string of the molecule is CCCC(Cl)CNC(=O)c1ccc(Cl)cn1. The molecule has 1 amide bonds. The summed E-state index contributed by atoms with van der Waals surface area (Å²) < 4.78 is 0. The van der Waals surface area contributed by atoms with Gasteiger partial charge in [-0.05, 0) is 18.6 Å². The van der Waals surface area contributed by atoms with E-state index < -0.39 is 0 Å². The lowest BCUT2D eigenvalue weighted by atomic mass is 10.2. The van der Waals surface area contributed by atoms with E-state index in [9.17, 15) is 4.79 Å². The summed E-state index contributed by atoms with van der Waals surface area (Å²) in [6.07, 6.45) is 3.33. The number of pyridine rings is 1. The maximum Gasteiger partial charge on any atom is 0.269 e. The van der Waals surface area contributed by atoms with E-state index in [1.165, 1.54) is 6.20 Å². The highest BCUT2D eigenvalue weighted by Gasteiger charge is 2.09. The van der Waals surface area contributed by atoms with Gasteiger partial charge >= 0.3 is 0 Å². The van der Waals surface area contributed by atoms with Crippen molar-refractivity contribution in [2.45, 2.75) is 25.1 Å². The van der Waals surface area contributed by atoms with Crippen molar-refractivity contribution in [3.8, 4) is 0 Å². The van der Waals surface area contributed by atoms with Crippen LogP contribution >= 0.6 is 23.2 Å². The number of amides is 1. The number of halogens is 2. The summed E-state index contributed by atoms with van der Waals surface area (Å²) >= 11 is 11.7. The number of nitrogens with one attached hydrogen (secondary N) is 1. The zero-order valence-corrected chi connectivity index (χ0v) is 10.6. The first kappa shape index (κ1) is 13.3. The number of aromatic nitrogens is 1. The summed E-state index contributed by atoms with van der Waals surface area (Å²) in [6, 6.07) is 3.22. The van der Waals surface area contributed by atoms with Gasteiger partial charge < -0.3 is 5.32 Å². The second-order valence-corrected chi connectivity index (χ2v) is 4.51. The van der Waals surface area contributed by atoms with Gasteiger partial charge in [0.15, 0.2) is 0 Å². The normalized spacial score (nSPS) is 12.2. The molecule has 0 saturated heterocycles. The summed E-state index contributed by atoms with van der Waals surface area (Å²) in [5, 5.41) is 3.21. The average molecular weight is 261 g/mol. The fraction of sp³-hybridized carbons (Fsp3) is 0.455. The molecule has 1 heterocycles. The topological polar surface area (TPSA) is 42.0 Å². The third-order valence-electron chi connectivity index (χ3n) is 2.05. The number of rotatable bonds is 5. The zero-order valence-electron chi connectivity index (χ0n) is 9.04. The van der Waals surface area contributed by atoms with Gasteiger partial charge in [-0.25, -0.2) is 4.98 Å². The molecule has 0 bridgehead atoms. The Morgan fingerprint density at radius 1 is 1.56 bits per heavy atom. The summed E-state index contributed by atoms with van der Waals surface area (Å²) in [4.78, 5) is 15.5. The van der Waals surface area contributed by atoms with Gasteiger partial charge in [-0.3, -0.25) is 4.79 Å². The van der Waals surface area contributed by atoms with Crippen LogP contribution in [0, 0.1) is 0 Å². The first-order valence-corrected chi connectivity index (χ1v) is 5.98. The Labute approximate surface area is 105 Å². The number of alkyl halides is 1. The molecule has 1 aromatic heterocycles. The summed E-state index contributed by atoms with van der Waals surface area (Å²) in [5.41, 5.74) is 0.352. The molecule has 3 nitrogen and oxygen atoms in total. The molecule has 88 valence electrons. The minimum Gasteiger partial charge on any atom is -0.349 e. The molecule has 0 aliphatic heterocycles. The maximum atomic E-state index is 11.6. The molecule has 1 N–H and O–H groups in total. The van der Waals surface area contributed by atoms with E-state index >= 15 is 0 Å². The third-order valence-corrected chi connectivity index (χ3v) is 2.64. The third kappa shape index (κ3) is 4.37. The van der Waals surface area contributed by atoms with Crippen molar-refractivity contribution in [2.24, 2.45) is 0 Å². The van der Waals surface area contributed by atoms with Gasteiger partial charge in [0.1, 0.15) is 5.69 Å². The van der Waals surface area contributed by atoms with Crippen molar-refractivity contribution < 1.29 is 4.79 Å². The van der Waals surface area contributed by atoms with Crippen LogP contribution in [-0.4, -0.2) is 22.8 Å². The molecular weight excluding hydrogens is 247 g/mol. The highest BCUT2D eigenvalue weighted by Crippen LogP contribution is 2.07. The predicted molar refractivity (Wildman–Crippen MR) is 66.1 cm³/mol. The van der Waals surface area contributed by atoms with E-state index in [0.717, 1.165) is 12.8 Å². The zero-order chi connectivity index (χ0) is 12.0. The van der Waals surface area contributed by atoms with Crippen LogP contribution in [0.2, 0.25) is 5.02 Å². The van der Waals surface area contributed by atoms with Gasteiger partial charge in [0, 0.05) is 12.7 Å². The van der Waals surface area contributed by atoms with Crippen molar-refractivity contribution >= 4 is 29.1 Å². The molecule has 16 heavy (non-hydrogen) atoms. The van der Waals surface area contributed by atoms with Gasteiger partial charge in [0.05, 0.1) is 10.4 Å². The fourth-order valence-corrected chi connectivity index (χ4v) is 1.63. The Morgan fingerprint density at radius 2 is 2.31 bits per heavy atom. The lowest BCUT2D eigenvalue weighted by Crippen LogP contribution is -2.30. The molecule has 0 saturated carbocycles. The minimum atomic E-state index is -0.224. The summed E-state index contributed by atoms with van der Waals surface area (Å²) in [5.74, 6) is -0.224. The molecule has 0 aliphatic rings. The van der Waals surface area contributed by atoms with Crippen LogP contribution < -0.4 is 5.32 Å². The highest BCUT2D eigenvalue weighted by atomic mass is 35.5. The van der Waals surface area contributed by atoms with Crippen LogP contribution in [0.3, 0.4) is 0 Å². The molecule has 1 atom stereocenters. The van der Waals surface area contributed by atoms with Gasteiger partial charge in [-0.1, -0.05) is 24.9 Å². The monoisotopic (exact) mass is 260 g/mol. The molecule has 0 aliphatic carbocycles. The van der Waals surface area contributed by atoms with Crippen molar-refractivity contribution in [1.29, 1.82) is 0 Å². The smallest absolute Gasteiger partial charge is 0.269 e. The van der Waals surface area contributed by atoms with Gasteiger partial charge in [0.25, 0.3) is 5.91 Å². The Morgan fingerprint density at radius 3 is 2.88 bits per heavy atom. The number of hydrogen-bond donors (Lipinski definition) is 1. The van der Waals surface area contributed by atoms with E-state index in [4.69, 9.17) is 23.2 Å². The average Bonchev–Trinajstić information content (AvgIpc) is 2.27. The Balaban J connectivity index is 2.43. The predicted octanol–water partition coefficient (Wildman–Crippen LogP) is 2.87. The fourth-order valence-electron chi connectivity index (χ4n) is 1.22. The van der Waals surface area contributed by atoms with E-state index in [-0.39, 0.29) is 11.3 Å². The second kappa shape index (κ2) is 6.71. The van der Waals surface area contributed by atoms with Crippen LogP contribution in [0.25, 0.3) is 0 Å². The van der Waals surface area contributed by atoms with Crippen LogP contribution in [-0.2, 0) is 0 Å². The number of hydrogen-bond acceptors (Lipinski definition) is 2. The van der Waals surface area contributed by atoms with E-state index in [2.05, 4.69) is 17.2 Å². The molecule has 5 heteroatoms. The number of carbonyl (C=O) groups is 1. The van der Waals surface area contributed by atoms with Crippen LogP contribution in [0.4, 0.5) is 0 Å². The van der Waals surface area contributed by atoms with Crippen molar-refractivity contribution in [3.05, 3.63) is 29.0 Å². The molecule has 0 spiro atoms. The second-order valence-electron chi connectivity index (χ2n) is 3.46. The first-order chi connectivity index (χ1) is 7.63. The quantitative estimate of drug-likeness (QED) is 0.828. The van der Waals surface area contributed by atoms with E-state index in [0.29, 0.717) is 17.3 Å². The lowest BCUT2D eigenvalue weighted by Gasteiger charge is -2.09. The van der Waals surface area contributed by atoms with Gasteiger partial charge in [0.2, 0.25) is 0 Å². The Kier molecular flexibility index (Phi) is 5.56. The molecular formula is C11H14Cl2N2O. The molecule has 0 fully saturated rings. The Bertz CT molecular complexity index is 340. The van der Waals surface area contributed by atoms with Gasteiger partial charge in [-0.15, -0.1) is 11.6 Å². The van der Waals surface area contributed by atoms with E-state index in [1.807, 2.05) is 0 Å². The summed E-state index contributed by atoms with van der Waals surface area (Å²) in [7, 11) is 0. The standard InChI is InChI=1S/C11H14Cl2N2O/c1-2-3-8(12)7-15-11(16)10-5-4-9(13)6-14-10/h4-6,8H,2-3,7H2,1H3,(H,15,16). The van der Waals surface area contributed by atoms with Gasteiger partial charge in [-0.2, -0.15) is 0 Å². The van der Waals surface area contributed by atoms with Crippen LogP contribution in [0.1, 0.15) is 30.3 Å². The number of carbonyl (C=O) groups excluding carboxylic acids is 1. The first-order valence-electron chi connectivity index (χ1n) is 5.17. The van der Waals surface area contributed by atoms with Crippen molar-refractivity contribution in [1.82, 2.24) is 10.3 Å². The molecule has 1 unspecified atom stereocenters. The number of nitrogens with zero attached hydrogens (tertiary/aromatic N) is 1. The van der Waals surface area contributed by atoms with Crippen LogP contribution in [0.15, 0.2) is 18.3 Å². The minimum absolute atomic E-state index is 0.0266. The molecule has 0 aromatic carbocycles. The largest absolute Gasteiger partial charge is 0.349 e. The summed E-state index contributed by atoms with van der Waals surface area (Å²) in [6.45, 7) is 2.51. The van der Waals surface area contributed by atoms with E-state index in [1.54, 1.807) is 12.1 Å².